The number of nitrogens with one attached hydrogen (secondary N) is 1. The van der Waals surface area contributed by atoms with E-state index in [0.29, 0.717) is 17.7 Å². The smallest absolute Gasteiger partial charge is 0.333 e. The van der Waals surface area contributed by atoms with Gasteiger partial charge in [-0.25, -0.2) is 4.79 Å². The van der Waals surface area contributed by atoms with Gasteiger partial charge in [-0.05, 0) is 93.0 Å². The van der Waals surface area contributed by atoms with Gasteiger partial charge in [0.15, 0.2) is 11.8 Å². The molecular formula is C29H33NO5. The van der Waals surface area contributed by atoms with Gasteiger partial charge in [0, 0.05) is 6.42 Å². The summed E-state index contributed by atoms with van der Waals surface area (Å²) in [5.41, 5.74) is 6.48. The van der Waals surface area contributed by atoms with Gasteiger partial charge in [-0.1, -0.05) is 30.3 Å². The first-order valence-electron chi connectivity index (χ1n) is 11.9. The standard InChI is InChI=1S/C29H33NO5/c1-17-18(2)26-22(14-15-29(4,5)35-26)19(3)23(17)16-21-12-13-24(34-21)27(31)30-25(28(32)33-6)20-10-8-7-9-11-20/h7-13,25H,14-16H2,1-6H3,(H,30,31)/t25-/m0/s1. The molecule has 0 saturated heterocycles. The Balaban J connectivity index is 1.56. The fraction of sp³-hybridized carbons (Fsp3) is 0.379. The van der Waals surface area contributed by atoms with Crippen LogP contribution in [0.2, 0.25) is 0 Å². The Kier molecular flexibility index (Phi) is 6.75. The molecule has 35 heavy (non-hydrogen) atoms. The van der Waals surface area contributed by atoms with Crippen LogP contribution in [0.3, 0.4) is 0 Å². The molecule has 2 aromatic carbocycles. The molecule has 1 atom stereocenters. The Labute approximate surface area is 206 Å². The third-order valence-electron chi connectivity index (χ3n) is 6.97. The fourth-order valence-corrected chi connectivity index (χ4v) is 4.73. The molecule has 1 amide bonds. The van der Waals surface area contributed by atoms with Crippen molar-refractivity contribution in [3.8, 4) is 5.75 Å². The quantitative estimate of drug-likeness (QED) is 0.474. The second-order valence-corrected chi connectivity index (χ2v) is 9.81. The minimum atomic E-state index is -0.917. The van der Waals surface area contributed by atoms with E-state index in [1.54, 1.807) is 30.3 Å². The Morgan fingerprint density at radius 1 is 1.03 bits per heavy atom. The fourth-order valence-electron chi connectivity index (χ4n) is 4.73. The highest BCUT2D eigenvalue weighted by Crippen LogP contribution is 2.41. The van der Waals surface area contributed by atoms with Gasteiger partial charge in [-0.3, -0.25) is 4.79 Å². The number of rotatable bonds is 6. The highest BCUT2D eigenvalue weighted by atomic mass is 16.5. The maximum Gasteiger partial charge on any atom is 0.333 e. The summed E-state index contributed by atoms with van der Waals surface area (Å²) in [7, 11) is 1.30. The van der Waals surface area contributed by atoms with Crippen molar-refractivity contribution in [3.63, 3.8) is 0 Å². The molecule has 0 spiro atoms. The van der Waals surface area contributed by atoms with Crippen molar-refractivity contribution in [1.82, 2.24) is 5.32 Å². The van der Waals surface area contributed by atoms with Crippen LogP contribution in [0.4, 0.5) is 0 Å². The lowest BCUT2D eigenvalue weighted by atomic mass is 9.84. The van der Waals surface area contributed by atoms with Crippen LogP contribution < -0.4 is 10.1 Å². The van der Waals surface area contributed by atoms with E-state index in [1.807, 2.05) is 12.1 Å². The number of esters is 1. The zero-order valence-electron chi connectivity index (χ0n) is 21.3. The molecule has 6 heteroatoms. The largest absolute Gasteiger partial charge is 0.487 e. The molecule has 6 nitrogen and oxygen atoms in total. The van der Waals surface area contributed by atoms with Crippen LogP contribution in [-0.4, -0.2) is 24.6 Å². The monoisotopic (exact) mass is 475 g/mol. The topological polar surface area (TPSA) is 77.8 Å². The number of amides is 1. The second-order valence-electron chi connectivity index (χ2n) is 9.81. The lowest BCUT2D eigenvalue weighted by Gasteiger charge is -2.35. The van der Waals surface area contributed by atoms with Crippen LogP contribution in [0, 0.1) is 20.8 Å². The molecule has 0 bridgehead atoms. The van der Waals surface area contributed by atoms with Crippen LogP contribution in [-0.2, 0) is 22.4 Å². The number of fused-ring (bicyclic) bond motifs is 1. The molecule has 3 aromatic rings. The zero-order valence-corrected chi connectivity index (χ0v) is 21.3. The van der Waals surface area contributed by atoms with Gasteiger partial charge in [0.2, 0.25) is 0 Å². The third kappa shape index (κ3) is 4.97. The number of methoxy groups -OCH3 is 1. The van der Waals surface area contributed by atoms with Gasteiger partial charge in [0.25, 0.3) is 5.91 Å². The summed E-state index contributed by atoms with van der Waals surface area (Å²) in [4.78, 5) is 25.2. The normalized spacial score (nSPS) is 15.0. The highest BCUT2D eigenvalue weighted by molar-refractivity contribution is 5.94. The minimum Gasteiger partial charge on any atom is -0.487 e. The number of carbonyl (C=O) groups excluding carboxylic acids is 2. The van der Waals surface area contributed by atoms with Crippen molar-refractivity contribution >= 4 is 11.9 Å². The molecule has 184 valence electrons. The number of hydrogen-bond acceptors (Lipinski definition) is 5. The van der Waals surface area contributed by atoms with Crippen LogP contribution in [0.25, 0.3) is 0 Å². The summed E-state index contributed by atoms with van der Waals surface area (Å²) in [5, 5.41) is 2.73. The lowest BCUT2D eigenvalue weighted by molar-refractivity contribution is -0.143. The molecule has 2 heterocycles. The SMILES string of the molecule is COC(=O)[C@@H](NC(=O)c1ccc(Cc2c(C)c(C)c3c(c2C)CCC(C)(C)O3)o1)c1ccccc1. The summed E-state index contributed by atoms with van der Waals surface area (Å²) in [6, 6.07) is 11.5. The molecule has 0 saturated carbocycles. The van der Waals surface area contributed by atoms with Crippen molar-refractivity contribution in [2.75, 3.05) is 7.11 Å². The highest BCUT2D eigenvalue weighted by Gasteiger charge is 2.31. The van der Waals surface area contributed by atoms with Gasteiger partial charge in [-0.2, -0.15) is 0 Å². The maximum atomic E-state index is 12.9. The summed E-state index contributed by atoms with van der Waals surface area (Å²) < 4.78 is 17.2. The van der Waals surface area contributed by atoms with E-state index in [0.717, 1.165) is 24.2 Å². The van der Waals surface area contributed by atoms with Crippen LogP contribution >= 0.6 is 0 Å². The number of hydrogen-bond donors (Lipinski definition) is 1. The predicted octanol–water partition coefficient (Wildman–Crippen LogP) is 5.54. The summed E-state index contributed by atoms with van der Waals surface area (Å²) in [5.74, 6) is 0.833. The minimum absolute atomic E-state index is 0.153. The molecule has 1 aromatic heterocycles. The summed E-state index contributed by atoms with van der Waals surface area (Å²) >= 11 is 0. The summed E-state index contributed by atoms with van der Waals surface area (Å²) in [6.45, 7) is 10.6. The van der Waals surface area contributed by atoms with Gasteiger partial charge in [-0.15, -0.1) is 0 Å². The van der Waals surface area contributed by atoms with Crippen molar-refractivity contribution in [3.05, 3.63) is 87.4 Å². The van der Waals surface area contributed by atoms with E-state index in [1.165, 1.54) is 29.4 Å². The molecule has 0 aliphatic carbocycles. The lowest BCUT2D eigenvalue weighted by Crippen LogP contribution is -2.34. The molecule has 0 radical (unpaired) electrons. The van der Waals surface area contributed by atoms with E-state index >= 15 is 0 Å². The van der Waals surface area contributed by atoms with E-state index in [-0.39, 0.29) is 11.4 Å². The number of benzene rings is 2. The molecule has 0 unspecified atom stereocenters. The predicted molar refractivity (Wildman–Crippen MR) is 134 cm³/mol. The van der Waals surface area contributed by atoms with Crippen molar-refractivity contribution in [1.29, 1.82) is 0 Å². The number of furan rings is 1. The average Bonchev–Trinajstić information content (AvgIpc) is 3.32. The first-order valence-corrected chi connectivity index (χ1v) is 11.9. The number of carbonyl (C=O) groups is 2. The molecule has 4 rings (SSSR count). The average molecular weight is 476 g/mol. The first-order chi connectivity index (χ1) is 16.6. The van der Waals surface area contributed by atoms with E-state index < -0.39 is 17.9 Å². The maximum absolute atomic E-state index is 12.9. The van der Waals surface area contributed by atoms with Gasteiger partial charge >= 0.3 is 5.97 Å². The van der Waals surface area contributed by atoms with Crippen molar-refractivity contribution in [2.45, 2.75) is 65.5 Å². The second kappa shape index (κ2) is 9.61. The molecule has 1 aliphatic rings. The van der Waals surface area contributed by atoms with E-state index in [4.69, 9.17) is 13.9 Å². The van der Waals surface area contributed by atoms with Crippen LogP contribution in [0.5, 0.6) is 5.75 Å². The van der Waals surface area contributed by atoms with Crippen LogP contribution in [0.1, 0.15) is 76.0 Å². The molecule has 1 N–H and O–H groups in total. The Morgan fingerprint density at radius 2 is 1.74 bits per heavy atom. The Bertz CT molecular complexity index is 1260. The van der Waals surface area contributed by atoms with Gasteiger partial charge in [0.05, 0.1) is 7.11 Å². The van der Waals surface area contributed by atoms with Gasteiger partial charge < -0.3 is 19.2 Å². The van der Waals surface area contributed by atoms with Crippen LogP contribution in [0.15, 0.2) is 46.9 Å². The summed E-state index contributed by atoms with van der Waals surface area (Å²) in [6.07, 6.45) is 2.51. The van der Waals surface area contributed by atoms with Gasteiger partial charge in [0.1, 0.15) is 17.1 Å². The molecule has 0 fully saturated rings. The molecule has 1 aliphatic heterocycles. The van der Waals surface area contributed by atoms with Crippen molar-refractivity contribution in [2.24, 2.45) is 0 Å². The molecular weight excluding hydrogens is 442 g/mol. The Hall–Kier alpha value is -3.54. The zero-order chi connectivity index (χ0) is 25.3. The third-order valence-corrected chi connectivity index (χ3v) is 6.97. The van der Waals surface area contributed by atoms with E-state index in [9.17, 15) is 9.59 Å². The Morgan fingerprint density at radius 3 is 2.43 bits per heavy atom. The van der Waals surface area contributed by atoms with Crippen molar-refractivity contribution < 1.29 is 23.5 Å². The van der Waals surface area contributed by atoms with E-state index in [2.05, 4.69) is 39.9 Å². The number of ether oxygens (including phenoxy) is 2. The first kappa shape index (κ1) is 24.6.